The van der Waals surface area contributed by atoms with Crippen molar-refractivity contribution in [2.24, 2.45) is 0 Å². The van der Waals surface area contributed by atoms with E-state index in [4.69, 9.17) is 0 Å². The quantitative estimate of drug-likeness (QED) is 0.767. The zero-order valence-corrected chi connectivity index (χ0v) is 11.2. The number of fused-ring (bicyclic) bond motifs is 1. The van der Waals surface area contributed by atoms with Crippen LogP contribution >= 0.6 is 0 Å². The average molecular weight is 278 g/mol. The first-order valence-corrected chi connectivity index (χ1v) is 6.63. The molecule has 0 saturated heterocycles. The van der Waals surface area contributed by atoms with Crippen LogP contribution < -0.4 is 5.32 Å². The van der Waals surface area contributed by atoms with Crippen molar-refractivity contribution in [2.45, 2.75) is 6.04 Å². The average Bonchev–Trinajstić information content (AvgIpc) is 2.53. The third-order valence-electron chi connectivity index (χ3n) is 3.34. The Morgan fingerprint density at radius 1 is 1.00 bits per heavy atom. The highest BCUT2D eigenvalue weighted by molar-refractivity contribution is 5.91. The van der Waals surface area contributed by atoms with Crippen molar-refractivity contribution in [3.05, 3.63) is 72.6 Å². The number of carbonyl (C=O) groups is 1. The molecule has 0 radical (unpaired) electrons. The van der Waals surface area contributed by atoms with Crippen LogP contribution in [0.15, 0.2) is 67.0 Å². The number of aliphatic carboxylic acids is 1. The van der Waals surface area contributed by atoms with Gasteiger partial charge in [0, 0.05) is 29.0 Å². The van der Waals surface area contributed by atoms with Crippen LogP contribution in [0.5, 0.6) is 0 Å². The maximum absolute atomic E-state index is 11.7. The summed E-state index contributed by atoms with van der Waals surface area (Å²) >= 11 is 0. The largest absolute Gasteiger partial charge is 0.479 e. The van der Waals surface area contributed by atoms with Crippen LogP contribution in [-0.4, -0.2) is 16.1 Å². The third-order valence-corrected chi connectivity index (χ3v) is 3.34. The Kier molecular flexibility index (Phi) is 3.51. The number of nitrogens with one attached hydrogen (secondary N) is 1. The molecule has 0 spiro atoms. The molecule has 0 aliphatic rings. The van der Waals surface area contributed by atoms with Crippen LogP contribution in [0.4, 0.5) is 5.69 Å². The Morgan fingerprint density at radius 2 is 1.71 bits per heavy atom. The smallest absolute Gasteiger partial charge is 0.330 e. The molecule has 2 N–H and O–H groups in total. The minimum atomic E-state index is -0.933. The van der Waals surface area contributed by atoms with Gasteiger partial charge in [-0.1, -0.05) is 42.5 Å². The van der Waals surface area contributed by atoms with Gasteiger partial charge >= 0.3 is 5.97 Å². The lowest BCUT2D eigenvalue weighted by atomic mass is 10.0. The highest BCUT2D eigenvalue weighted by Gasteiger charge is 2.22. The molecule has 0 aliphatic carbocycles. The lowest BCUT2D eigenvalue weighted by Gasteiger charge is -2.17. The molecule has 1 heterocycles. The Balaban J connectivity index is 2.06. The molecule has 4 heteroatoms. The van der Waals surface area contributed by atoms with E-state index in [1.54, 1.807) is 12.4 Å². The first-order chi connectivity index (χ1) is 10.3. The van der Waals surface area contributed by atoms with Crippen LogP contribution in [0.25, 0.3) is 10.8 Å². The van der Waals surface area contributed by atoms with Gasteiger partial charge in [-0.2, -0.15) is 0 Å². The fourth-order valence-corrected chi connectivity index (χ4v) is 2.34. The van der Waals surface area contributed by atoms with E-state index in [-0.39, 0.29) is 0 Å². The predicted octanol–water partition coefficient (Wildman–Crippen LogP) is 3.47. The molecule has 1 aromatic heterocycles. The van der Waals surface area contributed by atoms with Gasteiger partial charge in [0.25, 0.3) is 0 Å². The Hall–Kier alpha value is -2.88. The normalized spacial score (nSPS) is 12.0. The maximum Gasteiger partial charge on any atom is 0.330 e. The SMILES string of the molecule is O=C(O)C(Nc1ccccc1)c1cncc2ccccc12. The van der Waals surface area contributed by atoms with Crippen LogP contribution in [0.1, 0.15) is 11.6 Å². The summed E-state index contributed by atoms with van der Waals surface area (Å²) in [5, 5.41) is 14.4. The van der Waals surface area contributed by atoms with E-state index in [9.17, 15) is 9.90 Å². The second-order valence-corrected chi connectivity index (χ2v) is 4.73. The zero-order valence-electron chi connectivity index (χ0n) is 11.2. The fourth-order valence-electron chi connectivity index (χ4n) is 2.34. The van der Waals surface area contributed by atoms with Gasteiger partial charge in [-0.3, -0.25) is 4.98 Å². The van der Waals surface area contributed by atoms with Crippen molar-refractivity contribution in [2.75, 3.05) is 5.32 Å². The lowest BCUT2D eigenvalue weighted by Crippen LogP contribution is -2.21. The van der Waals surface area contributed by atoms with Crippen LogP contribution in [0, 0.1) is 0 Å². The summed E-state index contributed by atoms with van der Waals surface area (Å²) in [5.41, 5.74) is 1.42. The summed E-state index contributed by atoms with van der Waals surface area (Å²) in [6.45, 7) is 0. The van der Waals surface area contributed by atoms with Gasteiger partial charge in [-0.25, -0.2) is 4.79 Å². The molecule has 2 aromatic carbocycles. The number of rotatable bonds is 4. The summed E-state index contributed by atoms with van der Waals surface area (Å²) in [6.07, 6.45) is 3.34. The molecule has 0 saturated carbocycles. The first kappa shape index (κ1) is 13.1. The second-order valence-electron chi connectivity index (χ2n) is 4.73. The highest BCUT2D eigenvalue weighted by atomic mass is 16.4. The highest BCUT2D eigenvalue weighted by Crippen LogP contribution is 2.26. The van der Waals surface area contributed by atoms with Gasteiger partial charge in [0.1, 0.15) is 0 Å². The number of hydrogen-bond acceptors (Lipinski definition) is 3. The van der Waals surface area contributed by atoms with Crippen LogP contribution in [0.3, 0.4) is 0 Å². The van der Waals surface area contributed by atoms with Gasteiger partial charge in [-0.15, -0.1) is 0 Å². The predicted molar refractivity (Wildman–Crippen MR) is 82.2 cm³/mol. The molecule has 21 heavy (non-hydrogen) atoms. The number of carboxylic acid groups (broad SMARTS) is 1. The van der Waals surface area contributed by atoms with E-state index >= 15 is 0 Å². The number of hydrogen-bond donors (Lipinski definition) is 2. The van der Waals surface area contributed by atoms with E-state index in [2.05, 4.69) is 10.3 Å². The maximum atomic E-state index is 11.7. The minimum absolute atomic E-state index is 0.657. The zero-order chi connectivity index (χ0) is 14.7. The third kappa shape index (κ3) is 2.69. The summed E-state index contributed by atoms with van der Waals surface area (Å²) in [5.74, 6) is -0.933. The number of pyridine rings is 1. The van der Waals surface area contributed by atoms with Gasteiger partial charge < -0.3 is 10.4 Å². The summed E-state index contributed by atoms with van der Waals surface area (Å²) in [4.78, 5) is 15.8. The van der Waals surface area contributed by atoms with E-state index in [1.807, 2.05) is 54.6 Å². The van der Waals surface area contributed by atoms with Crippen molar-refractivity contribution >= 4 is 22.4 Å². The number of anilines is 1. The lowest BCUT2D eigenvalue weighted by molar-refractivity contribution is -0.138. The molecule has 3 rings (SSSR count). The monoisotopic (exact) mass is 278 g/mol. The summed E-state index contributed by atoms with van der Waals surface area (Å²) in [6, 6.07) is 16.1. The number of nitrogens with zero attached hydrogens (tertiary/aromatic N) is 1. The fraction of sp³-hybridized carbons (Fsp3) is 0.0588. The van der Waals surface area contributed by atoms with Gasteiger partial charge in [0.15, 0.2) is 6.04 Å². The second kappa shape index (κ2) is 5.63. The van der Waals surface area contributed by atoms with E-state index in [0.717, 1.165) is 16.5 Å². The molecule has 0 aliphatic heterocycles. The van der Waals surface area contributed by atoms with Crippen LogP contribution in [-0.2, 0) is 4.79 Å². The van der Waals surface area contributed by atoms with E-state index < -0.39 is 12.0 Å². The Morgan fingerprint density at radius 3 is 2.48 bits per heavy atom. The standard InChI is InChI=1S/C17H14N2O2/c20-17(21)16(19-13-7-2-1-3-8-13)15-11-18-10-12-6-4-5-9-14(12)15/h1-11,16,19H,(H,20,21). The number of para-hydroxylation sites is 1. The Bertz CT molecular complexity index is 767. The number of benzene rings is 2. The molecule has 104 valence electrons. The molecule has 4 nitrogen and oxygen atoms in total. The molecule has 1 unspecified atom stereocenters. The van der Waals surface area contributed by atoms with Crippen molar-refractivity contribution in [1.29, 1.82) is 0 Å². The molecule has 0 bridgehead atoms. The molecule has 0 amide bonds. The summed E-state index contributed by atoms with van der Waals surface area (Å²) < 4.78 is 0. The molecule has 1 atom stereocenters. The Labute approximate surface area is 122 Å². The van der Waals surface area contributed by atoms with Gasteiger partial charge in [-0.05, 0) is 17.5 Å². The number of carboxylic acids is 1. The van der Waals surface area contributed by atoms with E-state index in [1.165, 1.54) is 0 Å². The van der Waals surface area contributed by atoms with Crippen LogP contribution in [0.2, 0.25) is 0 Å². The minimum Gasteiger partial charge on any atom is -0.479 e. The van der Waals surface area contributed by atoms with Gasteiger partial charge in [0.05, 0.1) is 0 Å². The molecule has 0 fully saturated rings. The molecule has 3 aromatic rings. The topological polar surface area (TPSA) is 62.2 Å². The van der Waals surface area contributed by atoms with Crippen molar-refractivity contribution in [3.8, 4) is 0 Å². The van der Waals surface area contributed by atoms with Crippen molar-refractivity contribution in [1.82, 2.24) is 4.98 Å². The van der Waals surface area contributed by atoms with E-state index in [0.29, 0.717) is 5.56 Å². The molecular weight excluding hydrogens is 264 g/mol. The number of aromatic nitrogens is 1. The van der Waals surface area contributed by atoms with Gasteiger partial charge in [0.2, 0.25) is 0 Å². The molecular formula is C17H14N2O2. The van der Waals surface area contributed by atoms with Crippen molar-refractivity contribution in [3.63, 3.8) is 0 Å². The summed E-state index contributed by atoms with van der Waals surface area (Å²) in [7, 11) is 0. The first-order valence-electron chi connectivity index (χ1n) is 6.63. The van der Waals surface area contributed by atoms with Crippen molar-refractivity contribution < 1.29 is 9.90 Å².